The van der Waals surface area contributed by atoms with Gasteiger partial charge < -0.3 is 24.6 Å². The third kappa shape index (κ3) is 7.45. The molecule has 0 aliphatic heterocycles. The van der Waals surface area contributed by atoms with Crippen molar-refractivity contribution in [3.63, 3.8) is 0 Å². The van der Waals surface area contributed by atoms with E-state index in [0.717, 1.165) is 7.11 Å². The minimum Gasteiger partial charge on any atom is -0.469 e. The van der Waals surface area contributed by atoms with Gasteiger partial charge in [-0.25, -0.2) is 9.59 Å². The van der Waals surface area contributed by atoms with E-state index >= 15 is 0 Å². The number of hydrogen-bond donors (Lipinski definition) is 2. The SMILES string of the molecule is C=C[C@@H](CO)[C@H](C[C@H](NC(=O)OC(C)(C)C)C(=O)OC)C(=O)OC. The van der Waals surface area contributed by atoms with Crippen LogP contribution >= 0.6 is 0 Å². The Labute approximate surface area is 142 Å². The Morgan fingerprint density at radius 1 is 1.17 bits per heavy atom. The van der Waals surface area contributed by atoms with E-state index < -0.39 is 41.5 Å². The molecule has 0 spiro atoms. The third-order valence-corrected chi connectivity index (χ3v) is 3.20. The van der Waals surface area contributed by atoms with Crippen molar-refractivity contribution < 1.29 is 33.7 Å². The van der Waals surface area contributed by atoms with Crippen LogP contribution < -0.4 is 5.32 Å². The van der Waals surface area contributed by atoms with E-state index in [-0.39, 0.29) is 13.0 Å². The van der Waals surface area contributed by atoms with Gasteiger partial charge in [0.15, 0.2) is 0 Å². The number of alkyl carbamates (subject to hydrolysis) is 1. The molecule has 0 aromatic rings. The zero-order chi connectivity index (χ0) is 18.9. The summed E-state index contributed by atoms with van der Waals surface area (Å²) in [4.78, 5) is 35.8. The fraction of sp³-hybridized carbons (Fsp3) is 0.688. The van der Waals surface area contributed by atoms with Gasteiger partial charge in [-0.3, -0.25) is 4.79 Å². The Hall–Kier alpha value is -2.09. The molecule has 3 atom stereocenters. The molecule has 0 aromatic heterocycles. The van der Waals surface area contributed by atoms with Crippen molar-refractivity contribution in [2.24, 2.45) is 11.8 Å². The van der Waals surface area contributed by atoms with Crippen molar-refractivity contribution >= 4 is 18.0 Å². The lowest BCUT2D eigenvalue weighted by atomic mass is 9.87. The van der Waals surface area contributed by atoms with Gasteiger partial charge in [0.05, 0.1) is 26.7 Å². The number of esters is 2. The molecule has 0 saturated carbocycles. The molecule has 0 aliphatic rings. The first kappa shape index (κ1) is 21.9. The van der Waals surface area contributed by atoms with Crippen LogP contribution in [0.5, 0.6) is 0 Å². The van der Waals surface area contributed by atoms with Gasteiger partial charge in [0.1, 0.15) is 11.6 Å². The third-order valence-electron chi connectivity index (χ3n) is 3.20. The smallest absolute Gasteiger partial charge is 0.408 e. The van der Waals surface area contributed by atoms with Gasteiger partial charge in [0.25, 0.3) is 0 Å². The summed E-state index contributed by atoms with van der Waals surface area (Å²) < 4.78 is 14.5. The first-order chi connectivity index (χ1) is 11.1. The Morgan fingerprint density at radius 2 is 1.71 bits per heavy atom. The average Bonchev–Trinajstić information content (AvgIpc) is 2.50. The molecule has 1 amide bonds. The first-order valence-corrected chi connectivity index (χ1v) is 7.48. The predicted molar refractivity (Wildman–Crippen MR) is 86.1 cm³/mol. The summed E-state index contributed by atoms with van der Waals surface area (Å²) in [5.74, 6) is -2.88. The topological polar surface area (TPSA) is 111 Å². The molecule has 0 fully saturated rings. The first-order valence-electron chi connectivity index (χ1n) is 7.48. The molecule has 2 N–H and O–H groups in total. The number of methoxy groups -OCH3 is 2. The quantitative estimate of drug-likeness (QED) is 0.384. The fourth-order valence-corrected chi connectivity index (χ4v) is 2.02. The summed E-state index contributed by atoms with van der Waals surface area (Å²) in [7, 11) is 2.36. The largest absolute Gasteiger partial charge is 0.469 e. The van der Waals surface area contributed by atoms with Gasteiger partial charge in [-0.1, -0.05) is 6.08 Å². The number of aliphatic hydroxyl groups is 1. The van der Waals surface area contributed by atoms with Crippen LogP contribution in [0.1, 0.15) is 27.2 Å². The molecular formula is C16H27NO7. The minimum atomic E-state index is -1.14. The van der Waals surface area contributed by atoms with Gasteiger partial charge in [0.2, 0.25) is 0 Å². The molecule has 0 rings (SSSR count). The summed E-state index contributed by atoms with van der Waals surface area (Å²) in [5.41, 5.74) is -0.749. The highest BCUT2D eigenvalue weighted by Crippen LogP contribution is 2.21. The lowest BCUT2D eigenvalue weighted by molar-refractivity contribution is -0.149. The van der Waals surface area contributed by atoms with Crippen LogP contribution in [0.4, 0.5) is 4.79 Å². The Bertz CT molecular complexity index is 456. The number of hydrogen-bond acceptors (Lipinski definition) is 7. The number of carbonyl (C=O) groups excluding carboxylic acids is 3. The summed E-state index contributed by atoms with van der Waals surface area (Å²) in [6.07, 6.45) is 0.444. The molecular weight excluding hydrogens is 318 g/mol. The van der Waals surface area contributed by atoms with E-state index in [1.807, 2.05) is 0 Å². The van der Waals surface area contributed by atoms with Crippen LogP contribution in [0.2, 0.25) is 0 Å². The molecule has 0 heterocycles. The number of carbonyl (C=O) groups is 3. The van der Waals surface area contributed by atoms with E-state index in [0.29, 0.717) is 0 Å². The van der Waals surface area contributed by atoms with Crippen LogP contribution in [0.15, 0.2) is 12.7 Å². The van der Waals surface area contributed by atoms with E-state index in [1.54, 1.807) is 20.8 Å². The highest BCUT2D eigenvalue weighted by atomic mass is 16.6. The second-order valence-electron chi connectivity index (χ2n) is 6.17. The lowest BCUT2D eigenvalue weighted by Gasteiger charge is -2.26. The van der Waals surface area contributed by atoms with Crippen molar-refractivity contribution in [2.45, 2.75) is 38.8 Å². The molecule has 0 bridgehead atoms. The van der Waals surface area contributed by atoms with Crippen molar-refractivity contribution in [1.29, 1.82) is 0 Å². The van der Waals surface area contributed by atoms with Gasteiger partial charge in [0, 0.05) is 5.92 Å². The highest BCUT2D eigenvalue weighted by molar-refractivity contribution is 5.82. The maximum absolute atomic E-state index is 12.0. The lowest BCUT2D eigenvalue weighted by Crippen LogP contribution is -2.46. The van der Waals surface area contributed by atoms with Crippen LogP contribution in [0.3, 0.4) is 0 Å². The molecule has 0 aliphatic carbocycles. The molecule has 138 valence electrons. The standard InChI is InChI=1S/C16H27NO7/c1-7-10(9-18)11(13(19)22-5)8-12(14(20)23-6)17-15(21)24-16(2,3)4/h7,10-12,18H,1,8-9H2,2-6H3,(H,17,21)/t10-,11-,12-/m0/s1. The second-order valence-corrected chi connectivity index (χ2v) is 6.17. The number of rotatable bonds is 8. The summed E-state index contributed by atoms with van der Waals surface area (Å²) in [5, 5.41) is 11.8. The van der Waals surface area contributed by atoms with Crippen LogP contribution in [0.25, 0.3) is 0 Å². The normalized spacial score (nSPS) is 14.8. The fourth-order valence-electron chi connectivity index (χ4n) is 2.02. The van der Waals surface area contributed by atoms with Crippen molar-refractivity contribution in [3.05, 3.63) is 12.7 Å². The van der Waals surface area contributed by atoms with E-state index in [4.69, 9.17) is 9.47 Å². The zero-order valence-electron chi connectivity index (χ0n) is 14.8. The summed E-state index contributed by atoms with van der Waals surface area (Å²) >= 11 is 0. The average molecular weight is 345 g/mol. The van der Waals surface area contributed by atoms with Gasteiger partial charge in [-0.15, -0.1) is 6.58 Å². The number of amides is 1. The van der Waals surface area contributed by atoms with Crippen molar-refractivity contribution in [3.8, 4) is 0 Å². The summed E-state index contributed by atoms with van der Waals surface area (Å²) in [6.45, 7) is 8.23. The maximum atomic E-state index is 12.0. The zero-order valence-corrected chi connectivity index (χ0v) is 14.8. The molecule has 0 unspecified atom stereocenters. The molecule has 24 heavy (non-hydrogen) atoms. The summed E-state index contributed by atoms with van der Waals surface area (Å²) in [6, 6.07) is -1.14. The Balaban J connectivity index is 5.27. The van der Waals surface area contributed by atoms with Gasteiger partial charge >= 0.3 is 18.0 Å². The van der Waals surface area contributed by atoms with Crippen LogP contribution in [0, 0.1) is 11.8 Å². The van der Waals surface area contributed by atoms with Crippen molar-refractivity contribution in [2.75, 3.05) is 20.8 Å². The second kappa shape index (κ2) is 9.92. The molecule has 8 heteroatoms. The number of nitrogens with one attached hydrogen (secondary N) is 1. The van der Waals surface area contributed by atoms with Crippen LogP contribution in [-0.4, -0.2) is 55.6 Å². The molecule has 0 saturated heterocycles. The minimum absolute atomic E-state index is 0.129. The van der Waals surface area contributed by atoms with E-state index in [9.17, 15) is 19.5 Å². The number of aliphatic hydroxyl groups excluding tert-OH is 1. The molecule has 0 radical (unpaired) electrons. The highest BCUT2D eigenvalue weighted by Gasteiger charge is 2.34. The Kier molecular flexibility index (Phi) is 9.05. The number of ether oxygens (including phenoxy) is 3. The maximum Gasteiger partial charge on any atom is 0.408 e. The van der Waals surface area contributed by atoms with Gasteiger partial charge in [-0.05, 0) is 27.2 Å². The van der Waals surface area contributed by atoms with E-state index in [2.05, 4.69) is 16.6 Å². The Morgan fingerprint density at radius 3 is 2.08 bits per heavy atom. The van der Waals surface area contributed by atoms with Crippen molar-refractivity contribution in [1.82, 2.24) is 5.32 Å². The van der Waals surface area contributed by atoms with Crippen LogP contribution in [-0.2, 0) is 23.8 Å². The van der Waals surface area contributed by atoms with Gasteiger partial charge in [-0.2, -0.15) is 0 Å². The monoisotopic (exact) mass is 345 g/mol. The molecule has 0 aromatic carbocycles. The molecule has 8 nitrogen and oxygen atoms in total. The van der Waals surface area contributed by atoms with E-state index in [1.165, 1.54) is 13.2 Å². The predicted octanol–water partition coefficient (Wildman–Crippen LogP) is 1.03.